The number of hydrogen-bond acceptors (Lipinski definition) is 2. The Balaban J connectivity index is 1.95. The summed E-state index contributed by atoms with van der Waals surface area (Å²) in [7, 11) is -3.62. The Hall–Kier alpha value is -0.650. The Kier molecular flexibility index (Phi) is 4.81. The smallest absolute Gasteiger partial charge is 0.211 e. The second kappa shape index (κ2) is 6.20. The van der Waals surface area contributed by atoms with Gasteiger partial charge in [0.25, 0.3) is 0 Å². The molecule has 1 aliphatic carbocycles. The van der Waals surface area contributed by atoms with E-state index < -0.39 is 15.8 Å². The van der Waals surface area contributed by atoms with Crippen molar-refractivity contribution in [3.05, 3.63) is 30.1 Å². The lowest BCUT2D eigenvalue weighted by atomic mass is 9.89. The fraction of sp³-hybridized carbons (Fsp3) is 0.538. The molecule has 0 unspecified atom stereocenters. The van der Waals surface area contributed by atoms with E-state index in [1.54, 1.807) is 0 Å². The highest BCUT2D eigenvalue weighted by molar-refractivity contribution is 7.89. The average molecular weight is 306 g/mol. The maximum atomic E-state index is 13.0. The molecule has 0 radical (unpaired) electrons. The maximum Gasteiger partial charge on any atom is 0.240 e. The minimum atomic E-state index is -3.62. The van der Waals surface area contributed by atoms with Crippen molar-refractivity contribution < 1.29 is 12.8 Å². The SMILES string of the molecule is O=S(=O)(NCC1CCC(Cl)CC1)c1cccc(F)c1. The van der Waals surface area contributed by atoms with E-state index in [1.807, 2.05) is 0 Å². The standard InChI is InChI=1S/C13H17ClFNO2S/c14-11-6-4-10(5-7-11)9-16-19(17,18)13-3-1-2-12(15)8-13/h1-3,8,10-11,16H,4-7,9H2. The van der Waals surface area contributed by atoms with Gasteiger partial charge in [-0.25, -0.2) is 17.5 Å². The second-order valence-electron chi connectivity index (χ2n) is 4.93. The van der Waals surface area contributed by atoms with Gasteiger partial charge in [0.2, 0.25) is 10.0 Å². The summed E-state index contributed by atoms with van der Waals surface area (Å²) in [5.74, 6) is -0.233. The first-order valence-electron chi connectivity index (χ1n) is 6.36. The minimum absolute atomic E-state index is 0.0291. The molecule has 6 heteroatoms. The van der Waals surface area contributed by atoms with Crippen LogP contribution in [-0.4, -0.2) is 20.3 Å². The molecule has 1 fully saturated rings. The number of alkyl halides is 1. The third-order valence-corrected chi connectivity index (χ3v) is 5.30. The van der Waals surface area contributed by atoms with Crippen LogP contribution in [0, 0.1) is 11.7 Å². The van der Waals surface area contributed by atoms with Gasteiger partial charge < -0.3 is 0 Å². The van der Waals surface area contributed by atoms with Crippen LogP contribution in [0.2, 0.25) is 0 Å². The average Bonchev–Trinajstić information content (AvgIpc) is 2.38. The lowest BCUT2D eigenvalue weighted by molar-refractivity contribution is 0.361. The van der Waals surface area contributed by atoms with Crippen molar-refractivity contribution in [1.82, 2.24) is 4.72 Å². The van der Waals surface area contributed by atoms with Crippen molar-refractivity contribution >= 4 is 21.6 Å². The summed E-state index contributed by atoms with van der Waals surface area (Å²) in [6, 6.07) is 5.03. The molecule has 1 aliphatic rings. The number of benzene rings is 1. The van der Waals surface area contributed by atoms with Gasteiger partial charge >= 0.3 is 0 Å². The number of hydrogen-bond donors (Lipinski definition) is 1. The predicted molar refractivity (Wildman–Crippen MR) is 73.2 cm³/mol. The topological polar surface area (TPSA) is 46.2 Å². The summed E-state index contributed by atoms with van der Waals surface area (Å²) >= 11 is 6.00. The third kappa shape index (κ3) is 4.16. The van der Waals surface area contributed by atoms with Gasteiger partial charge in [0.15, 0.2) is 0 Å². The van der Waals surface area contributed by atoms with E-state index in [0.717, 1.165) is 31.7 Å². The van der Waals surface area contributed by atoms with Crippen LogP contribution in [0.1, 0.15) is 25.7 Å². The first kappa shape index (κ1) is 14.8. The highest BCUT2D eigenvalue weighted by atomic mass is 35.5. The van der Waals surface area contributed by atoms with Crippen LogP contribution < -0.4 is 4.72 Å². The van der Waals surface area contributed by atoms with Crippen molar-refractivity contribution in [3.8, 4) is 0 Å². The Morgan fingerprint density at radius 1 is 1.26 bits per heavy atom. The first-order chi connectivity index (χ1) is 8.97. The van der Waals surface area contributed by atoms with E-state index in [0.29, 0.717) is 12.5 Å². The largest absolute Gasteiger partial charge is 0.240 e. The quantitative estimate of drug-likeness (QED) is 0.869. The van der Waals surface area contributed by atoms with Crippen LogP contribution in [-0.2, 0) is 10.0 Å². The normalized spacial score (nSPS) is 24.3. The van der Waals surface area contributed by atoms with Crippen LogP contribution in [0.3, 0.4) is 0 Å². The molecule has 106 valence electrons. The monoisotopic (exact) mass is 305 g/mol. The van der Waals surface area contributed by atoms with Crippen molar-refractivity contribution in [2.24, 2.45) is 5.92 Å². The van der Waals surface area contributed by atoms with Crippen LogP contribution in [0.5, 0.6) is 0 Å². The minimum Gasteiger partial charge on any atom is -0.211 e. The lowest BCUT2D eigenvalue weighted by Gasteiger charge is -2.24. The molecule has 0 saturated heterocycles. The van der Waals surface area contributed by atoms with Gasteiger partial charge in [0, 0.05) is 11.9 Å². The van der Waals surface area contributed by atoms with Crippen molar-refractivity contribution in [2.45, 2.75) is 36.0 Å². The molecule has 1 N–H and O–H groups in total. The Morgan fingerprint density at radius 3 is 2.58 bits per heavy atom. The highest BCUT2D eigenvalue weighted by Crippen LogP contribution is 2.27. The molecule has 0 aliphatic heterocycles. The van der Waals surface area contributed by atoms with E-state index in [1.165, 1.54) is 18.2 Å². The van der Waals surface area contributed by atoms with Crippen molar-refractivity contribution in [1.29, 1.82) is 0 Å². The second-order valence-corrected chi connectivity index (χ2v) is 7.31. The summed E-state index contributed by atoms with van der Waals surface area (Å²) in [4.78, 5) is -0.0291. The zero-order valence-electron chi connectivity index (χ0n) is 10.5. The van der Waals surface area contributed by atoms with Crippen LogP contribution in [0.25, 0.3) is 0 Å². The Bertz CT molecular complexity index is 527. The molecule has 0 atom stereocenters. The zero-order chi connectivity index (χ0) is 13.9. The first-order valence-corrected chi connectivity index (χ1v) is 8.28. The van der Waals surface area contributed by atoms with Crippen molar-refractivity contribution in [3.63, 3.8) is 0 Å². The van der Waals surface area contributed by atoms with Crippen molar-refractivity contribution in [2.75, 3.05) is 6.54 Å². The van der Waals surface area contributed by atoms with E-state index in [-0.39, 0.29) is 10.3 Å². The van der Waals surface area contributed by atoms with Gasteiger partial charge in [-0.1, -0.05) is 6.07 Å². The number of sulfonamides is 1. The van der Waals surface area contributed by atoms with E-state index in [9.17, 15) is 12.8 Å². The number of rotatable bonds is 4. The van der Waals surface area contributed by atoms with Gasteiger partial charge in [-0.05, 0) is 49.8 Å². The lowest BCUT2D eigenvalue weighted by Crippen LogP contribution is -2.31. The van der Waals surface area contributed by atoms with E-state index >= 15 is 0 Å². The summed E-state index contributed by atoms with van der Waals surface area (Å²) in [5, 5.41) is 0.219. The van der Waals surface area contributed by atoms with Crippen LogP contribution >= 0.6 is 11.6 Å². The summed E-state index contributed by atoms with van der Waals surface area (Å²) in [5.41, 5.74) is 0. The molecule has 1 aromatic carbocycles. The molecule has 0 heterocycles. The molecule has 0 bridgehead atoms. The summed E-state index contributed by atoms with van der Waals surface area (Å²) in [6.07, 6.45) is 3.71. The fourth-order valence-electron chi connectivity index (χ4n) is 2.27. The molecule has 1 saturated carbocycles. The molecule has 0 aromatic heterocycles. The zero-order valence-corrected chi connectivity index (χ0v) is 12.1. The molecular formula is C13H17ClFNO2S. The third-order valence-electron chi connectivity index (χ3n) is 3.44. The molecular weight excluding hydrogens is 289 g/mol. The predicted octanol–water partition coefficient (Wildman–Crippen LogP) is 2.90. The van der Waals surface area contributed by atoms with Gasteiger partial charge in [-0.2, -0.15) is 0 Å². The van der Waals surface area contributed by atoms with Crippen LogP contribution in [0.15, 0.2) is 29.2 Å². The molecule has 1 aromatic rings. The molecule has 3 nitrogen and oxygen atoms in total. The summed E-state index contributed by atoms with van der Waals surface area (Å²) in [6.45, 7) is 0.391. The molecule has 19 heavy (non-hydrogen) atoms. The highest BCUT2D eigenvalue weighted by Gasteiger charge is 2.22. The molecule has 0 amide bonds. The van der Waals surface area contributed by atoms with Gasteiger partial charge in [-0.3, -0.25) is 0 Å². The fourth-order valence-corrected chi connectivity index (χ4v) is 3.67. The van der Waals surface area contributed by atoms with Gasteiger partial charge in [0.05, 0.1) is 4.90 Å². The van der Waals surface area contributed by atoms with Gasteiger partial charge in [0.1, 0.15) is 5.82 Å². The number of nitrogens with one attached hydrogen (secondary N) is 1. The number of halogens is 2. The van der Waals surface area contributed by atoms with Crippen LogP contribution in [0.4, 0.5) is 4.39 Å². The van der Waals surface area contributed by atoms with E-state index in [4.69, 9.17) is 11.6 Å². The molecule has 2 rings (SSSR count). The van der Waals surface area contributed by atoms with Gasteiger partial charge in [-0.15, -0.1) is 11.6 Å². The molecule has 0 spiro atoms. The van der Waals surface area contributed by atoms with E-state index in [2.05, 4.69) is 4.72 Å². The Morgan fingerprint density at radius 2 is 1.95 bits per heavy atom. The summed E-state index contributed by atoms with van der Waals surface area (Å²) < 4.78 is 39.6. The Labute approximate surface area is 118 Å². The maximum absolute atomic E-state index is 13.0.